The molecule has 0 aliphatic carbocycles. The van der Waals surface area contributed by atoms with Crippen LogP contribution in [0.4, 0.5) is 10.5 Å². The van der Waals surface area contributed by atoms with E-state index in [2.05, 4.69) is 15.6 Å². The number of methoxy groups -OCH3 is 2. The second-order valence-electron chi connectivity index (χ2n) is 4.56. The molecular formula is C16H19N3O3. The lowest BCUT2D eigenvalue weighted by molar-refractivity contribution is 0.252. The quantitative estimate of drug-likeness (QED) is 0.859. The van der Waals surface area contributed by atoms with Gasteiger partial charge in [-0.25, -0.2) is 4.79 Å². The van der Waals surface area contributed by atoms with Crippen molar-refractivity contribution in [2.45, 2.75) is 6.42 Å². The van der Waals surface area contributed by atoms with Crippen molar-refractivity contribution in [3.05, 3.63) is 48.3 Å². The number of hydrogen-bond donors (Lipinski definition) is 2. The SMILES string of the molecule is COc1ccc(CCNC(=O)Nc2cccnc2)cc1OC. The topological polar surface area (TPSA) is 72.5 Å². The van der Waals surface area contributed by atoms with Gasteiger partial charge >= 0.3 is 6.03 Å². The van der Waals surface area contributed by atoms with E-state index in [0.717, 1.165) is 5.56 Å². The molecule has 2 rings (SSSR count). The van der Waals surface area contributed by atoms with Crippen LogP contribution >= 0.6 is 0 Å². The molecule has 0 fully saturated rings. The number of amides is 2. The Kier molecular flexibility index (Phi) is 5.59. The maximum absolute atomic E-state index is 11.7. The molecule has 0 saturated carbocycles. The van der Waals surface area contributed by atoms with E-state index in [9.17, 15) is 4.79 Å². The fourth-order valence-electron chi connectivity index (χ4n) is 1.97. The van der Waals surface area contributed by atoms with E-state index in [1.54, 1.807) is 38.7 Å². The van der Waals surface area contributed by atoms with E-state index < -0.39 is 0 Å². The summed E-state index contributed by atoms with van der Waals surface area (Å²) >= 11 is 0. The number of benzene rings is 1. The van der Waals surface area contributed by atoms with Gasteiger partial charge in [0.05, 0.1) is 26.1 Å². The van der Waals surface area contributed by atoms with E-state index in [-0.39, 0.29) is 6.03 Å². The maximum atomic E-state index is 11.7. The lowest BCUT2D eigenvalue weighted by Crippen LogP contribution is -2.30. The third kappa shape index (κ3) is 4.37. The molecule has 0 radical (unpaired) electrons. The summed E-state index contributed by atoms with van der Waals surface area (Å²) in [6.45, 7) is 0.515. The Morgan fingerprint density at radius 2 is 2.00 bits per heavy atom. The van der Waals surface area contributed by atoms with Crippen LogP contribution in [0.2, 0.25) is 0 Å². The van der Waals surface area contributed by atoms with E-state index >= 15 is 0 Å². The number of anilines is 1. The zero-order chi connectivity index (χ0) is 15.8. The van der Waals surface area contributed by atoms with Gasteiger partial charge in [-0.15, -0.1) is 0 Å². The molecule has 0 unspecified atom stereocenters. The van der Waals surface area contributed by atoms with Crippen molar-refractivity contribution in [2.75, 3.05) is 26.1 Å². The molecule has 0 aliphatic rings. The summed E-state index contributed by atoms with van der Waals surface area (Å²) in [7, 11) is 3.20. The lowest BCUT2D eigenvalue weighted by atomic mass is 10.1. The largest absolute Gasteiger partial charge is 0.493 e. The van der Waals surface area contributed by atoms with Gasteiger partial charge in [-0.3, -0.25) is 4.98 Å². The summed E-state index contributed by atoms with van der Waals surface area (Å²) < 4.78 is 10.4. The number of carbonyl (C=O) groups excluding carboxylic acids is 1. The van der Waals surface area contributed by atoms with Crippen molar-refractivity contribution in [1.29, 1.82) is 0 Å². The van der Waals surface area contributed by atoms with Crippen LogP contribution in [-0.4, -0.2) is 31.8 Å². The molecule has 1 heterocycles. The Morgan fingerprint density at radius 3 is 2.68 bits per heavy atom. The van der Waals surface area contributed by atoms with Gasteiger partial charge in [-0.05, 0) is 36.2 Å². The first-order valence-electron chi connectivity index (χ1n) is 6.88. The number of nitrogens with one attached hydrogen (secondary N) is 2. The molecule has 0 bridgehead atoms. The van der Waals surface area contributed by atoms with Crippen molar-refractivity contribution in [3.63, 3.8) is 0 Å². The highest BCUT2D eigenvalue weighted by molar-refractivity contribution is 5.88. The summed E-state index contributed by atoms with van der Waals surface area (Å²) in [5.74, 6) is 1.37. The van der Waals surface area contributed by atoms with Crippen LogP contribution in [0.1, 0.15) is 5.56 Å². The third-order valence-electron chi connectivity index (χ3n) is 3.07. The van der Waals surface area contributed by atoms with Gasteiger partial charge in [0.15, 0.2) is 11.5 Å². The number of nitrogens with zero attached hydrogens (tertiary/aromatic N) is 1. The first-order chi connectivity index (χ1) is 10.7. The summed E-state index contributed by atoms with van der Waals surface area (Å²) in [6, 6.07) is 8.99. The molecule has 116 valence electrons. The fourth-order valence-corrected chi connectivity index (χ4v) is 1.97. The van der Waals surface area contributed by atoms with E-state index in [0.29, 0.717) is 30.2 Å². The Bertz CT molecular complexity index is 617. The van der Waals surface area contributed by atoms with Gasteiger partial charge in [-0.2, -0.15) is 0 Å². The molecule has 1 aromatic heterocycles. The molecule has 22 heavy (non-hydrogen) atoms. The second kappa shape index (κ2) is 7.87. The van der Waals surface area contributed by atoms with Crippen molar-refractivity contribution in [3.8, 4) is 11.5 Å². The van der Waals surface area contributed by atoms with Gasteiger partial charge in [0.2, 0.25) is 0 Å². The predicted molar refractivity (Wildman–Crippen MR) is 84.5 cm³/mol. The number of urea groups is 1. The van der Waals surface area contributed by atoms with Crippen LogP contribution in [0.25, 0.3) is 0 Å². The van der Waals surface area contributed by atoms with Gasteiger partial charge < -0.3 is 20.1 Å². The summed E-state index contributed by atoms with van der Waals surface area (Å²) in [4.78, 5) is 15.7. The molecule has 2 aromatic rings. The first kappa shape index (κ1) is 15.6. The fraction of sp³-hybridized carbons (Fsp3) is 0.250. The molecule has 6 heteroatoms. The van der Waals surface area contributed by atoms with Crippen molar-refractivity contribution >= 4 is 11.7 Å². The second-order valence-corrected chi connectivity index (χ2v) is 4.56. The van der Waals surface area contributed by atoms with Crippen LogP contribution in [0.3, 0.4) is 0 Å². The van der Waals surface area contributed by atoms with Crippen LogP contribution in [0, 0.1) is 0 Å². The average Bonchev–Trinajstić information content (AvgIpc) is 2.55. The smallest absolute Gasteiger partial charge is 0.319 e. The number of pyridine rings is 1. The minimum atomic E-state index is -0.256. The average molecular weight is 301 g/mol. The molecule has 0 atom stereocenters. The number of carbonyl (C=O) groups is 1. The Labute approximate surface area is 129 Å². The normalized spacial score (nSPS) is 9.91. The van der Waals surface area contributed by atoms with E-state index in [1.807, 2.05) is 18.2 Å². The van der Waals surface area contributed by atoms with Crippen molar-refractivity contribution in [1.82, 2.24) is 10.3 Å². The van der Waals surface area contributed by atoms with Gasteiger partial charge in [-0.1, -0.05) is 6.07 Å². The van der Waals surface area contributed by atoms with Crippen LogP contribution in [-0.2, 0) is 6.42 Å². The van der Waals surface area contributed by atoms with E-state index in [4.69, 9.17) is 9.47 Å². The zero-order valence-electron chi connectivity index (χ0n) is 12.6. The molecule has 0 aliphatic heterocycles. The summed E-state index contributed by atoms with van der Waals surface area (Å²) in [5, 5.41) is 5.51. The Balaban J connectivity index is 1.82. The van der Waals surface area contributed by atoms with Gasteiger partial charge in [0.25, 0.3) is 0 Å². The number of ether oxygens (including phenoxy) is 2. The molecule has 0 spiro atoms. The van der Waals surface area contributed by atoms with Gasteiger partial charge in [0, 0.05) is 12.7 Å². The van der Waals surface area contributed by atoms with Crippen LogP contribution in [0.5, 0.6) is 11.5 Å². The predicted octanol–water partition coefficient (Wildman–Crippen LogP) is 2.46. The summed E-state index contributed by atoms with van der Waals surface area (Å²) in [6.07, 6.45) is 3.94. The molecule has 2 amide bonds. The summed E-state index contributed by atoms with van der Waals surface area (Å²) in [5.41, 5.74) is 1.71. The zero-order valence-corrected chi connectivity index (χ0v) is 12.6. The van der Waals surface area contributed by atoms with Gasteiger partial charge in [0.1, 0.15) is 0 Å². The highest BCUT2D eigenvalue weighted by Crippen LogP contribution is 2.27. The minimum absolute atomic E-state index is 0.256. The molecule has 0 saturated heterocycles. The lowest BCUT2D eigenvalue weighted by Gasteiger charge is -2.10. The molecule has 2 N–H and O–H groups in total. The van der Waals surface area contributed by atoms with Crippen molar-refractivity contribution in [2.24, 2.45) is 0 Å². The van der Waals surface area contributed by atoms with Crippen LogP contribution < -0.4 is 20.1 Å². The molecule has 6 nitrogen and oxygen atoms in total. The number of rotatable bonds is 6. The van der Waals surface area contributed by atoms with E-state index in [1.165, 1.54) is 0 Å². The highest BCUT2D eigenvalue weighted by Gasteiger charge is 2.05. The Morgan fingerprint density at radius 1 is 1.18 bits per heavy atom. The Hall–Kier alpha value is -2.76. The molecular weight excluding hydrogens is 282 g/mol. The molecule has 1 aromatic carbocycles. The number of aromatic nitrogens is 1. The highest BCUT2D eigenvalue weighted by atomic mass is 16.5. The minimum Gasteiger partial charge on any atom is -0.493 e. The van der Waals surface area contributed by atoms with Crippen molar-refractivity contribution < 1.29 is 14.3 Å². The maximum Gasteiger partial charge on any atom is 0.319 e. The third-order valence-corrected chi connectivity index (χ3v) is 3.07. The monoisotopic (exact) mass is 301 g/mol. The number of hydrogen-bond acceptors (Lipinski definition) is 4. The standard InChI is InChI=1S/C16H19N3O3/c1-21-14-6-5-12(10-15(14)22-2)7-9-18-16(20)19-13-4-3-8-17-11-13/h3-6,8,10-11H,7,9H2,1-2H3,(H2,18,19,20). The first-order valence-corrected chi connectivity index (χ1v) is 6.88. The van der Waals surface area contributed by atoms with Crippen LogP contribution in [0.15, 0.2) is 42.7 Å².